The molecule has 6 rings (SSSR count). The number of fused-ring (bicyclic) bond motifs is 2. The molecule has 0 radical (unpaired) electrons. The molecule has 0 aliphatic heterocycles. The van der Waals surface area contributed by atoms with Gasteiger partial charge >= 0.3 is 0 Å². The Morgan fingerprint density at radius 2 is 1.78 bits per heavy atom. The van der Waals surface area contributed by atoms with Crippen molar-refractivity contribution >= 4 is 57.2 Å². The topological polar surface area (TPSA) is 83.6 Å². The van der Waals surface area contributed by atoms with Crippen LogP contribution in [0, 0.1) is 0 Å². The summed E-state index contributed by atoms with van der Waals surface area (Å²) in [6.07, 6.45) is 9.19. The number of rotatable bonds is 6. The number of hydrogen-bond acceptors (Lipinski definition) is 5. The lowest BCUT2D eigenvalue weighted by molar-refractivity contribution is 0.102. The zero-order valence-electron chi connectivity index (χ0n) is 19.6. The highest BCUT2D eigenvalue weighted by Crippen LogP contribution is 2.33. The van der Waals surface area contributed by atoms with Crippen LogP contribution in [0.2, 0.25) is 0 Å². The molecule has 0 unspecified atom stereocenters. The highest BCUT2D eigenvalue weighted by atomic mass is 32.2. The van der Waals surface area contributed by atoms with E-state index in [2.05, 4.69) is 31.5 Å². The van der Waals surface area contributed by atoms with E-state index < -0.39 is 0 Å². The fourth-order valence-electron chi connectivity index (χ4n) is 4.14. The van der Waals surface area contributed by atoms with Crippen LogP contribution in [-0.4, -0.2) is 26.1 Å². The Balaban J connectivity index is 1.24. The monoisotopic (exact) mass is 499 g/mol. The molecule has 0 atom stereocenters. The number of aromatic amines is 1. The Bertz CT molecular complexity index is 1760. The molecule has 6 aromatic rings. The molecular weight excluding hydrogens is 478 g/mol. The largest absolute Gasteiger partial charge is 0.321 e. The molecule has 3 aromatic carbocycles. The molecule has 6 nitrogen and oxygen atoms in total. The van der Waals surface area contributed by atoms with Crippen LogP contribution in [0.15, 0.2) is 113 Å². The van der Waals surface area contributed by atoms with E-state index in [4.69, 9.17) is 0 Å². The lowest BCUT2D eigenvalue weighted by Crippen LogP contribution is -2.13. The lowest BCUT2D eigenvalue weighted by Gasteiger charge is -2.12. The fraction of sp³-hybridized carbons (Fsp3) is 0. The summed E-state index contributed by atoms with van der Waals surface area (Å²) in [5, 5.41) is 13.6. The molecule has 1 amide bonds. The molecule has 0 spiro atoms. The molecule has 7 heteroatoms. The fourth-order valence-corrected chi connectivity index (χ4v) is 5.12. The van der Waals surface area contributed by atoms with Gasteiger partial charge in [0.1, 0.15) is 0 Å². The number of aromatic nitrogens is 4. The van der Waals surface area contributed by atoms with Gasteiger partial charge in [-0.15, -0.1) is 0 Å². The van der Waals surface area contributed by atoms with Crippen molar-refractivity contribution in [1.29, 1.82) is 0 Å². The van der Waals surface area contributed by atoms with Crippen LogP contribution >= 0.6 is 11.8 Å². The van der Waals surface area contributed by atoms with E-state index in [0.717, 1.165) is 48.5 Å². The van der Waals surface area contributed by atoms with Gasteiger partial charge in [-0.05, 0) is 66.7 Å². The van der Waals surface area contributed by atoms with Crippen LogP contribution in [0.4, 0.5) is 5.69 Å². The summed E-state index contributed by atoms with van der Waals surface area (Å²) in [5.41, 5.74) is 4.03. The van der Waals surface area contributed by atoms with E-state index in [-0.39, 0.29) is 5.91 Å². The first kappa shape index (κ1) is 22.7. The second kappa shape index (κ2) is 10.1. The van der Waals surface area contributed by atoms with Gasteiger partial charge < -0.3 is 5.32 Å². The van der Waals surface area contributed by atoms with Crippen LogP contribution in [-0.2, 0) is 0 Å². The van der Waals surface area contributed by atoms with Crippen molar-refractivity contribution in [3.8, 4) is 0 Å². The molecule has 3 heterocycles. The summed E-state index contributed by atoms with van der Waals surface area (Å²) < 4.78 is 0. The summed E-state index contributed by atoms with van der Waals surface area (Å²) >= 11 is 1.54. The van der Waals surface area contributed by atoms with E-state index in [9.17, 15) is 4.79 Å². The Labute approximate surface area is 217 Å². The predicted octanol–water partition coefficient (Wildman–Crippen LogP) is 7.08. The summed E-state index contributed by atoms with van der Waals surface area (Å²) in [4.78, 5) is 23.7. The first-order valence-corrected chi connectivity index (χ1v) is 12.5. The highest BCUT2D eigenvalue weighted by Gasteiger charge is 2.14. The van der Waals surface area contributed by atoms with Crippen LogP contribution in [0.5, 0.6) is 0 Å². The van der Waals surface area contributed by atoms with Gasteiger partial charge in [0.25, 0.3) is 5.91 Å². The molecule has 0 fully saturated rings. The van der Waals surface area contributed by atoms with E-state index >= 15 is 0 Å². The molecule has 3 aromatic heterocycles. The molecule has 0 aliphatic carbocycles. The van der Waals surface area contributed by atoms with Gasteiger partial charge in [-0.3, -0.25) is 19.9 Å². The quantitative estimate of drug-likeness (QED) is 0.256. The van der Waals surface area contributed by atoms with Gasteiger partial charge in [-0.2, -0.15) is 5.10 Å². The van der Waals surface area contributed by atoms with Crippen LogP contribution in [0.25, 0.3) is 33.8 Å². The molecule has 0 saturated heterocycles. The number of H-pyrrole nitrogens is 1. The smallest absolute Gasteiger partial charge is 0.256 e. The van der Waals surface area contributed by atoms with Gasteiger partial charge in [0, 0.05) is 50.2 Å². The van der Waals surface area contributed by atoms with E-state index in [1.54, 1.807) is 30.4 Å². The average molecular weight is 500 g/mol. The number of nitrogens with zero attached hydrogens (tertiary/aromatic N) is 3. The number of benzene rings is 3. The number of amides is 1. The molecule has 2 N–H and O–H groups in total. The van der Waals surface area contributed by atoms with Crippen molar-refractivity contribution in [2.75, 3.05) is 5.32 Å². The third kappa shape index (κ3) is 4.85. The Hall–Kier alpha value is -4.75. The highest BCUT2D eigenvalue weighted by molar-refractivity contribution is 7.99. The molecule has 0 aliphatic rings. The number of carbonyl (C=O) groups is 1. The maximum Gasteiger partial charge on any atom is 0.256 e. The first-order chi connectivity index (χ1) is 18.2. The molecule has 178 valence electrons. The van der Waals surface area contributed by atoms with Crippen molar-refractivity contribution < 1.29 is 4.79 Å². The predicted molar refractivity (Wildman–Crippen MR) is 150 cm³/mol. The van der Waals surface area contributed by atoms with Gasteiger partial charge in [0.15, 0.2) is 0 Å². The second-order valence-electron chi connectivity index (χ2n) is 8.36. The standard InChI is InChI=1S/C30H21N5OS/c36-30(33-26-9-5-6-20-19-31-17-15-23(20)26)25-8-1-2-10-29(25)37-22-12-13-24-27(34-35-28(24)18-22)14-11-21-7-3-4-16-32-21/h1-19H,(H,33,36)(H,34,35)/b14-11+. The van der Waals surface area contributed by atoms with Crippen LogP contribution < -0.4 is 5.32 Å². The minimum absolute atomic E-state index is 0.156. The zero-order chi connectivity index (χ0) is 25.0. The van der Waals surface area contributed by atoms with Crippen molar-refractivity contribution in [3.63, 3.8) is 0 Å². The summed E-state index contributed by atoms with van der Waals surface area (Å²) in [6, 6.07) is 27.3. The Morgan fingerprint density at radius 1 is 0.865 bits per heavy atom. The van der Waals surface area contributed by atoms with E-state index in [1.807, 2.05) is 91.0 Å². The summed E-state index contributed by atoms with van der Waals surface area (Å²) in [5.74, 6) is -0.156. The number of pyridine rings is 2. The maximum absolute atomic E-state index is 13.3. The lowest BCUT2D eigenvalue weighted by atomic mass is 10.1. The summed E-state index contributed by atoms with van der Waals surface area (Å²) in [6.45, 7) is 0. The third-order valence-corrected chi connectivity index (χ3v) is 7.02. The van der Waals surface area contributed by atoms with Gasteiger partial charge in [-0.1, -0.05) is 42.1 Å². The van der Waals surface area contributed by atoms with Crippen LogP contribution in [0.1, 0.15) is 21.7 Å². The SMILES string of the molecule is O=C(Nc1cccc2cnccc12)c1ccccc1Sc1ccc2c(/C=C/c3ccccn3)n[nH]c2c1. The third-order valence-electron chi connectivity index (χ3n) is 5.95. The minimum atomic E-state index is -0.156. The number of carbonyl (C=O) groups excluding carboxylic acids is 1. The van der Waals surface area contributed by atoms with Gasteiger partial charge in [-0.25, -0.2) is 0 Å². The van der Waals surface area contributed by atoms with Crippen molar-refractivity contribution in [2.24, 2.45) is 0 Å². The normalized spacial score (nSPS) is 11.4. The van der Waals surface area contributed by atoms with Gasteiger partial charge in [0.05, 0.1) is 22.5 Å². The molecule has 0 saturated carbocycles. The first-order valence-electron chi connectivity index (χ1n) is 11.7. The van der Waals surface area contributed by atoms with Crippen molar-refractivity contribution in [3.05, 3.63) is 120 Å². The Morgan fingerprint density at radius 3 is 2.70 bits per heavy atom. The zero-order valence-corrected chi connectivity index (χ0v) is 20.4. The number of hydrogen-bond donors (Lipinski definition) is 2. The van der Waals surface area contributed by atoms with E-state index in [1.165, 1.54) is 0 Å². The minimum Gasteiger partial charge on any atom is -0.321 e. The maximum atomic E-state index is 13.3. The summed E-state index contributed by atoms with van der Waals surface area (Å²) in [7, 11) is 0. The molecular formula is C30H21N5OS. The van der Waals surface area contributed by atoms with Crippen molar-refractivity contribution in [1.82, 2.24) is 20.2 Å². The van der Waals surface area contributed by atoms with E-state index in [0.29, 0.717) is 5.56 Å². The molecule has 0 bridgehead atoms. The average Bonchev–Trinajstić information content (AvgIpc) is 3.35. The Kier molecular flexibility index (Phi) is 6.19. The number of anilines is 1. The van der Waals surface area contributed by atoms with Crippen molar-refractivity contribution in [2.45, 2.75) is 9.79 Å². The second-order valence-corrected chi connectivity index (χ2v) is 9.47. The van der Waals surface area contributed by atoms with Crippen LogP contribution in [0.3, 0.4) is 0 Å². The van der Waals surface area contributed by atoms with Gasteiger partial charge in [0.2, 0.25) is 0 Å². The molecule has 37 heavy (non-hydrogen) atoms. The number of nitrogens with one attached hydrogen (secondary N) is 2.